The quantitative estimate of drug-likeness (QED) is 0.756. The molecule has 0 radical (unpaired) electrons. The molecule has 0 spiro atoms. The number of hydrogen-bond acceptors (Lipinski definition) is 5. The average Bonchev–Trinajstić information content (AvgIpc) is 2.71. The molecule has 0 bridgehead atoms. The van der Waals surface area contributed by atoms with Crippen molar-refractivity contribution in [3.8, 4) is 11.5 Å². The zero-order valence-electron chi connectivity index (χ0n) is 16.2. The highest BCUT2D eigenvalue weighted by Gasteiger charge is 2.33. The summed E-state index contributed by atoms with van der Waals surface area (Å²) in [5.74, 6) is 1.52. The number of sulfonamides is 1. The molecule has 0 aliphatic carbocycles. The summed E-state index contributed by atoms with van der Waals surface area (Å²) in [6.07, 6.45) is 1.96. The number of hydrogen-bond donors (Lipinski definition) is 0. The second kappa shape index (κ2) is 8.06. The first-order chi connectivity index (χ1) is 12.9. The maximum Gasteiger partial charge on any atom is 0.226 e. The van der Waals surface area contributed by atoms with E-state index in [2.05, 4.69) is 0 Å². The number of piperidine rings is 1. The molecule has 1 saturated heterocycles. The van der Waals surface area contributed by atoms with E-state index in [1.54, 1.807) is 21.1 Å². The molecule has 0 N–H and O–H groups in total. The van der Waals surface area contributed by atoms with Gasteiger partial charge in [-0.1, -0.05) is 0 Å². The highest BCUT2D eigenvalue weighted by molar-refractivity contribution is 7.89. The number of carbonyl (C=O) groups is 1. The number of ether oxygens (including phenoxy) is 2. The van der Waals surface area contributed by atoms with Crippen LogP contribution in [0, 0.1) is 5.92 Å². The first-order valence-electron chi connectivity index (χ1n) is 9.40. The van der Waals surface area contributed by atoms with Crippen molar-refractivity contribution in [2.24, 2.45) is 5.92 Å². The van der Waals surface area contributed by atoms with Crippen molar-refractivity contribution in [3.05, 3.63) is 23.3 Å². The van der Waals surface area contributed by atoms with Gasteiger partial charge < -0.3 is 14.4 Å². The third-order valence-electron chi connectivity index (χ3n) is 5.59. The first-order valence-corrected chi connectivity index (χ1v) is 11.0. The lowest BCUT2D eigenvalue weighted by molar-refractivity contribution is -0.137. The van der Waals surface area contributed by atoms with Gasteiger partial charge in [-0.05, 0) is 49.4 Å². The molecule has 2 aliphatic heterocycles. The van der Waals surface area contributed by atoms with Crippen LogP contribution in [0.2, 0.25) is 0 Å². The predicted octanol–water partition coefficient (Wildman–Crippen LogP) is 1.65. The van der Waals surface area contributed by atoms with Crippen molar-refractivity contribution in [1.82, 2.24) is 9.21 Å². The Morgan fingerprint density at radius 2 is 1.67 bits per heavy atom. The Hall–Kier alpha value is -1.80. The Morgan fingerprint density at radius 1 is 1.07 bits per heavy atom. The minimum absolute atomic E-state index is 0.102. The Bertz CT molecular complexity index is 801. The summed E-state index contributed by atoms with van der Waals surface area (Å²) < 4.78 is 36.2. The number of benzene rings is 1. The Balaban J connectivity index is 1.66. The molecule has 1 aromatic carbocycles. The van der Waals surface area contributed by atoms with Crippen LogP contribution in [-0.4, -0.2) is 63.1 Å². The van der Waals surface area contributed by atoms with Gasteiger partial charge in [-0.2, -0.15) is 0 Å². The van der Waals surface area contributed by atoms with E-state index in [1.165, 1.54) is 9.87 Å². The lowest BCUT2D eigenvalue weighted by Crippen LogP contribution is -2.45. The molecule has 150 valence electrons. The standard InChI is InChI=1S/C19H28N2O5S/c1-4-27(23,24)21-9-6-14(7-10-21)19(22)20-8-5-15-11-17(25-2)18(26-3)12-16(15)13-20/h11-12,14H,4-10,13H2,1-3H3. The fourth-order valence-electron chi connectivity index (χ4n) is 3.89. The molecule has 0 saturated carbocycles. The molecule has 2 heterocycles. The number of amides is 1. The second-order valence-corrected chi connectivity index (χ2v) is 9.32. The van der Waals surface area contributed by atoms with Crippen molar-refractivity contribution in [3.63, 3.8) is 0 Å². The van der Waals surface area contributed by atoms with E-state index in [0.717, 1.165) is 12.0 Å². The van der Waals surface area contributed by atoms with E-state index in [4.69, 9.17) is 9.47 Å². The zero-order chi connectivity index (χ0) is 19.6. The molecule has 0 aromatic heterocycles. The van der Waals surface area contributed by atoms with Gasteiger partial charge in [0.05, 0.1) is 20.0 Å². The van der Waals surface area contributed by atoms with E-state index < -0.39 is 10.0 Å². The van der Waals surface area contributed by atoms with Crippen molar-refractivity contribution in [1.29, 1.82) is 0 Å². The van der Waals surface area contributed by atoms with Crippen LogP contribution in [0.5, 0.6) is 11.5 Å². The van der Waals surface area contributed by atoms with Crippen LogP contribution in [0.4, 0.5) is 0 Å². The molecule has 27 heavy (non-hydrogen) atoms. The largest absolute Gasteiger partial charge is 0.493 e. The van der Waals surface area contributed by atoms with Crippen molar-refractivity contribution in [2.45, 2.75) is 32.7 Å². The summed E-state index contributed by atoms with van der Waals surface area (Å²) in [5, 5.41) is 0. The number of methoxy groups -OCH3 is 2. The van der Waals surface area contributed by atoms with Gasteiger partial charge in [-0.25, -0.2) is 12.7 Å². The normalized spacial score (nSPS) is 18.9. The molecule has 7 nitrogen and oxygen atoms in total. The predicted molar refractivity (Wildman–Crippen MR) is 102 cm³/mol. The molecular formula is C19H28N2O5S. The lowest BCUT2D eigenvalue weighted by Gasteiger charge is -2.35. The molecule has 2 aliphatic rings. The summed E-state index contributed by atoms with van der Waals surface area (Å²) in [7, 11) is 0.0575. The number of fused-ring (bicyclic) bond motifs is 1. The van der Waals surface area contributed by atoms with Gasteiger partial charge in [0.15, 0.2) is 11.5 Å². The molecule has 1 amide bonds. The minimum atomic E-state index is -3.17. The van der Waals surface area contributed by atoms with Gasteiger partial charge >= 0.3 is 0 Å². The molecule has 3 rings (SSSR count). The van der Waals surface area contributed by atoms with Crippen molar-refractivity contribution >= 4 is 15.9 Å². The van der Waals surface area contributed by atoms with Crippen molar-refractivity contribution in [2.75, 3.05) is 39.6 Å². The van der Waals surface area contributed by atoms with E-state index in [1.807, 2.05) is 17.0 Å². The van der Waals surface area contributed by atoms with Crippen LogP contribution in [0.1, 0.15) is 30.9 Å². The number of rotatable bonds is 5. The minimum Gasteiger partial charge on any atom is -0.493 e. The summed E-state index contributed by atoms with van der Waals surface area (Å²) in [4.78, 5) is 14.9. The second-order valence-electron chi connectivity index (χ2n) is 7.06. The monoisotopic (exact) mass is 396 g/mol. The maximum atomic E-state index is 13.0. The number of carbonyl (C=O) groups excluding carboxylic acids is 1. The summed E-state index contributed by atoms with van der Waals surface area (Å²) in [6.45, 7) is 3.75. The Kier molecular flexibility index (Phi) is 5.95. The topological polar surface area (TPSA) is 76.2 Å². The molecule has 8 heteroatoms. The summed E-state index contributed by atoms with van der Waals surface area (Å²) >= 11 is 0. The van der Waals surface area contributed by atoms with Gasteiger partial charge in [-0.15, -0.1) is 0 Å². The van der Waals surface area contributed by atoms with E-state index in [0.29, 0.717) is 50.5 Å². The number of nitrogens with zero attached hydrogens (tertiary/aromatic N) is 2. The molecular weight excluding hydrogens is 368 g/mol. The van der Waals surface area contributed by atoms with E-state index >= 15 is 0 Å². The summed E-state index contributed by atoms with van der Waals surface area (Å²) in [5.41, 5.74) is 2.26. The van der Waals surface area contributed by atoms with E-state index in [9.17, 15) is 13.2 Å². The third kappa shape index (κ3) is 4.06. The van der Waals surface area contributed by atoms with Crippen LogP contribution in [0.25, 0.3) is 0 Å². The van der Waals surface area contributed by atoms with Crippen LogP contribution >= 0.6 is 0 Å². The molecule has 0 unspecified atom stereocenters. The molecule has 0 atom stereocenters. The van der Waals surface area contributed by atoms with Gasteiger partial charge in [-0.3, -0.25) is 4.79 Å². The SMILES string of the molecule is CCS(=O)(=O)N1CCC(C(=O)N2CCc3cc(OC)c(OC)cc3C2)CC1. The average molecular weight is 397 g/mol. The lowest BCUT2D eigenvalue weighted by atomic mass is 9.93. The van der Waals surface area contributed by atoms with Crippen LogP contribution in [-0.2, 0) is 27.8 Å². The van der Waals surface area contributed by atoms with Crippen LogP contribution in [0.15, 0.2) is 12.1 Å². The molecule has 1 aromatic rings. The van der Waals surface area contributed by atoms with E-state index in [-0.39, 0.29) is 17.6 Å². The first kappa shape index (κ1) is 19.9. The van der Waals surface area contributed by atoms with Crippen molar-refractivity contribution < 1.29 is 22.7 Å². The van der Waals surface area contributed by atoms with Crippen LogP contribution in [0.3, 0.4) is 0 Å². The summed E-state index contributed by atoms with van der Waals surface area (Å²) in [6, 6.07) is 3.94. The van der Waals surface area contributed by atoms with Gasteiger partial charge in [0.1, 0.15) is 0 Å². The zero-order valence-corrected chi connectivity index (χ0v) is 17.0. The third-order valence-corrected chi connectivity index (χ3v) is 7.47. The molecule has 1 fully saturated rings. The Labute approximate surface area is 161 Å². The Morgan fingerprint density at radius 3 is 2.22 bits per heavy atom. The smallest absolute Gasteiger partial charge is 0.226 e. The highest BCUT2D eigenvalue weighted by atomic mass is 32.2. The van der Waals surface area contributed by atoms with Gasteiger partial charge in [0, 0.05) is 32.1 Å². The fraction of sp³-hybridized carbons (Fsp3) is 0.632. The van der Waals surface area contributed by atoms with Crippen LogP contribution < -0.4 is 9.47 Å². The van der Waals surface area contributed by atoms with Gasteiger partial charge in [0.2, 0.25) is 15.9 Å². The maximum absolute atomic E-state index is 13.0. The highest BCUT2D eigenvalue weighted by Crippen LogP contribution is 2.34. The fourth-order valence-corrected chi connectivity index (χ4v) is 5.03. The van der Waals surface area contributed by atoms with Gasteiger partial charge in [0.25, 0.3) is 0 Å².